The molecule has 2 heterocycles. The molecule has 1 aromatic heterocycles. The maximum absolute atomic E-state index is 12.6. The van der Waals surface area contributed by atoms with Crippen LogP contribution in [-0.2, 0) is 0 Å². The third kappa shape index (κ3) is 2.51. The molecule has 2 aromatic carbocycles. The molecule has 1 aliphatic rings. The average Bonchev–Trinajstić information content (AvgIpc) is 2.55. The molecule has 1 N–H and O–H groups in total. The molecule has 0 saturated carbocycles. The summed E-state index contributed by atoms with van der Waals surface area (Å²) in [6.45, 7) is 1.98. The van der Waals surface area contributed by atoms with Crippen LogP contribution in [0.2, 0.25) is 0 Å². The molecule has 0 atom stereocenters. The molecule has 1 aliphatic heterocycles. The summed E-state index contributed by atoms with van der Waals surface area (Å²) in [6, 6.07) is 13.6. The van der Waals surface area contributed by atoms with E-state index in [1.54, 1.807) is 6.07 Å². The first-order valence-corrected chi connectivity index (χ1v) is 7.49. The summed E-state index contributed by atoms with van der Waals surface area (Å²) in [4.78, 5) is 12.6. The lowest BCUT2D eigenvalue weighted by atomic mass is 9.94. The summed E-state index contributed by atoms with van der Waals surface area (Å²) in [6.07, 6.45) is 2.06. The molecule has 0 unspecified atom stereocenters. The molecule has 0 spiro atoms. The summed E-state index contributed by atoms with van der Waals surface area (Å²) in [5.74, 6) is 1.19. The fraction of sp³-hybridized carbons (Fsp3) is 0.278. The van der Waals surface area contributed by atoms with Gasteiger partial charge in [-0.3, -0.25) is 4.79 Å². The van der Waals surface area contributed by atoms with Crippen LogP contribution in [0.3, 0.4) is 0 Å². The Morgan fingerprint density at radius 3 is 2.64 bits per heavy atom. The fourth-order valence-corrected chi connectivity index (χ4v) is 3.26. The SMILES string of the molecule is Cl.O=c1cc(C2CCNCC2)oc2ccc3ccccc3c12. The average molecular weight is 316 g/mol. The van der Waals surface area contributed by atoms with Gasteiger partial charge in [-0.25, -0.2) is 0 Å². The van der Waals surface area contributed by atoms with Crippen LogP contribution < -0.4 is 10.7 Å². The predicted molar refractivity (Wildman–Crippen MR) is 92.1 cm³/mol. The third-order valence-corrected chi connectivity index (χ3v) is 4.38. The lowest BCUT2D eigenvalue weighted by Crippen LogP contribution is -2.27. The molecule has 0 aliphatic carbocycles. The van der Waals surface area contributed by atoms with Gasteiger partial charge in [0.1, 0.15) is 11.3 Å². The Bertz CT molecular complexity index is 866. The van der Waals surface area contributed by atoms with Gasteiger partial charge in [0.25, 0.3) is 0 Å². The van der Waals surface area contributed by atoms with Crippen LogP contribution in [0, 0.1) is 0 Å². The van der Waals surface area contributed by atoms with E-state index in [0.717, 1.165) is 42.5 Å². The lowest BCUT2D eigenvalue weighted by molar-refractivity contribution is 0.392. The number of benzene rings is 2. The van der Waals surface area contributed by atoms with Crippen molar-refractivity contribution >= 4 is 34.1 Å². The maximum Gasteiger partial charge on any atom is 0.193 e. The van der Waals surface area contributed by atoms with Gasteiger partial charge in [0.05, 0.1) is 5.39 Å². The van der Waals surface area contributed by atoms with Crippen molar-refractivity contribution in [2.24, 2.45) is 0 Å². The molecular formula is C18H18ClNO2. The molecule has 3 nitrogen and oxygen atoms in total. The summed E-state index contributed by atoms with van der Waals surface area (Å²) in [5.41, 5.74) is 0.774. The van der Waals surface area contributed by atoms with E-state index < -0.39 is 0 Å². The number of nitrogens with one attached hydrogen (secondary N) is 1. The van der Waals surface area contributed by atoms with Crippen molar-refractivity contribution in [3.63, 3.8) is 0 Å². The summed E-state index contributed by atoms with van der Waals surface area (Å²) in [5, 5.41) is 6.09. The van der Waals surface area contributed by atoms with E-state index in [1.165, 1.54) is 0 Å². The van der Waals surface area contributed by atoms with E-state index in [1.807, 2.05) is 36.4 Å². The largest absolute Gasteiger partial charge is 0.460 e. The molecule has 114 valence electrons. The number of hydrogen-bond donors (Lipinski definition) is 1. The Morgan fingerprint density at radius 1 is 1.05 bits per heavy atom. The second kappa shape index (κ2) is 6.11. The normalized spacial score (nSPS) is 15.8. The quantitative estimate of drug-likeness (QED) is 0.694. The van der Waals surface area contributed by atoms with Crippen LogP contribution in [0.5, 0.6) is 0 Å². The second-order valence-corrected chi connectivity index (χ2v) is 5.70. The molecule has 0 radical (unpaired) electrons. The molecule has 3 aromatic rings. The number of fused-ring (bicyclic) bond motifs is 3. The van der Waals surface area contributed by atoms with Crippen molar-refractivity contribution in [2.45, 2.75) is 18.8 Å². The van der Waals surface area contributed by atoms with Gasteiger partial charge in [-0.15, -0.1) is 12.4 Å². The van der Waals surface area contributed by atoms with Crippen molar-refractivity contribution in [1.29, 1.82) is 0 Å². The highest BCUT2D eigenvalue weighted by Gasteiger charge is 2.19. The maximum atomic E-state index is 12.6. The second-order valence-electron chi connectivity index (χ2n) is 5.70. The third-order valence-electron chi connectivity index (χ3n) is 4.38. The summed E-state index contributed by atoms with van der Waals surface area (Å²) < 4.78 is 6.06. The minimum absolute atomic E-state index is 0. The molecule has 4 heteroatoms. The Labute approximate surface area is 134 Å². The van der Waals surface area contributed by atoms with Crippen molar-refractivity contribution in [2.75, 3.05) is 13.1 Å². The Morgan fingerprint density at radius 2 is 1.82 bits per heavy atom. The van der Waals surface area contributed by atoms with E-state index in [4.69, 9.17) is 4.42 Å². The van der Waals surface area contributed by atoms with Crippen LogP contribution in [0.4, 0.5) is 0 Å². The van der Waals surface area contributed by atoms with Crippen LogP contribution in [0.1, 0.15) is 24.5 Å². The van der Waals surface area contributed by atoms with Crippen molar-refractivity contribution < 1.29 is 4.42 Å². The first-order chi connectivity index (χ1) is 10.3. The molecule has 1 saturated heterocycles. The highest BCUT2D eigenvalue weighted by Crippen LogP contribution is 2.29. The van der Waals surface area contributed by atoms with E-state index in [9.17, 15) is 4.79 Å². The van der Waals surface area contributed by atoms with E-state index in [-0.39, 0.29) is 17.8 Å². The number of hydrogen-bond acceptors (Lipinski definition) is 3. The zero-order valence-corrected chi connectivity index (χ0v) is 13.0. The Hall–Kier alpha value is -1.84. The first kappa shape index (κ1) is 15.1. The van der Waals surface area contributed by atoms with Crippen molar-refractivity contribution in [3.8, 4) is 0 Å². The summed E-state index contributed by atoms with van der Waals surface area (Å²) in [7, 11) is 0. The highest BCUT2D eigenvalue weighted by atomic mass is 35.5. The van der Waals surface area contributed by atoms with Crippen molar-refractivity contribution in [1.82, 2.24) is 5.32 Å². The molecular weight excluding hydrogens is 298 g/mol. The van der Waals surface area contributed by atoms with Crippen molar-refractivity contribution in [3.05, 3.63) is 58.4 Å². The first-order valence-electron chi connectivity index (χ1n) is 7.49. The standard InChI is InChI=1S/C18H17NO2.ClH/c20-15-11-17(13-7-9-19-10-8-13)21-16-6-5-12-3-1-2-4-14(12)18(15)16;/h1-6,11,13,19H,7-10H2;1H. The minimum atomic E-state index is 0. The van der Waals surface area contributed by atoms with Crippen LogP contribution in [0.25, 0.3) is 21.7 Å². The van der Waals surface area contributed by atoms with Gasteiger partial charge in [-0.1, -0.05) is 30.3 Å². The van der Waals surface area contributed by atoms with Gasteiger partial charge in [0.15, 0.2) is 5.43 Å². The predicted octanol–water partition coefficient (Wildman–Crippen LogP) is 3.84. The van der Waals surface area contributed by atoms with Gasteiger partial charge < -0.3 is 9.73 Å². The fourth-order valence-electron chi connectivity index (χ4n) is 3.26. The van der Waals surface area contributed by atoms with Gasteiger partial charge >= 0.3 is 0 Å². The monoisotopic (exact) mass is 315 g/mol. The van der Waals surface area contributed by atoms with E-state index >= 15 is 0 Å². The molecule has 0 bridgehead atoms. The van der Waals surface area contributed by atoms with E-state index in [0.29, 0.717) is 16.9 Å². The summed E-state index contributed by atoms with van der Waals surface area (Å²) >= 11 is 0. The lowest BCUT2D eigenvalue weighted by Gasteiger charge is -2.21. The van der Waals surface area contributed by atoms with Gasteiger partial charge in [-0.05, 0) is 42.8 Å². The smallest absolute Gasteiger partial charge is 0.193 e. The van der Waals surface area contributed by atoms with Crippen LogP contribution in [-0.4, -0.2) is 13.1 Å². The van der Waals surface area contributed by atoms with Crippen LogP contribution >= 0.6 is 12.4 Å². The number of piperidine rings is 1. The van der Waals surface area contributed by atoms with Crippen LogP contribution in [0.15, 0.2) is 51.7 Å². The zero-order chi connectivity index (χ0) is 14.2. The molecule has 4 rings (SSSR count). The topological polar surface area (TPSA) is 42.2 Å². The van der Waals surface area contributed by atoms with Gasteiger partial charge in [-0.2, -0.15) is 0 Å². The minimum Gasteiger partial charge on any atom is -0.460 e. The highest BCUT2D eigenvalue weighted by molar-refractivity contribution is 6.05. The molecule has 1 fully saturated rings. The zero-order valence-electron chi connectivity index (χ0n) is 12.2. The number of halogens is 1. The molecule has 0 amide bonds. The molecule has 22 heavy (non-hydrogen) atoms. The van der Waals surface area contributed by atoms with E-state index in [2.05, 4.69) is 5.32 Å². The number of rotatable bonds is 1. The van der Waals surface area contributed by atoms with Gasteiger partial charge in [0, 0.05) is 12.0 Å². The Kier molecular flexibility index (Phi) is 4.19. The Balaban J connectivity index is 0.00000144. The van der Waals surface area contributed by atoms with Gasteiger partial charge in [0.2, 0.25) is 0 Å².